The molecule has 4 unspecified atom stereocenters. The van der Waals surface area contributed by atoms with Gasteiger partial charge in [0.2, 0.25) is 11.8 Å². The quantitative estimate of drug-likeness (QED) is 0.803. The van der Waals surface area contributed by atoms with E-state index in [1.807, 2.05) is 30.5 Å². The molecule has 0 spiro atoms. The number of hydrogen-bond donors (Lipinski definition) is 0. The van der Waals surface area contributed by atoms with Crippen LogP contribution in [0.2, 0.25) is 0 Å². The zero-order valence-electron chi connectivity index (χ0n) is 15.7. The highest BCUT2D eigenvalue weighted by Crippen LogP contribution is 2.41. The number of nitrogens with zero attached hydrogens (tertiary/aromatic N) is 2. The lowest BCUT2D eigenvalue weighted by Gasteiger charge is -2.37. The average Bonchev–Trinajstić information content (AvgIpc) is 2.97. The van der Waals surface area contributed by atoms with Gasteiger partial charge in [0.1, 0.15) is 0 Å². The third-order valence-electron chi connectivity index (χ3n) is 6.47. The van der Waals surface area contributed by atoms with Gasteiger partial charge in [-0.05, 0) is 49.3 Å². The van der Waals surface area contributed by atoms with Crippen molar-refractivity contribution in [3.63, 3.8) is 0 Å². The van der Waals surface area contributed by atoms with E-state index in [0.717, 1.165) is 24.0 Å². The molecule has 0 N–H and O–H groups in total. The van der Waals surface area contributed by atoms with Gasteiger partial charge >= 0.3 is 0 Å². The minimum atomic E-state index is -0.198. The molecule has 4 nitrogen and oxygen atoms in total. The van der Waals surface area contributed by atoms with Crippen LogP contribution >= 0.6 is 0 Å². The SMILES string of the molecule is CC(=O)N1C=Cc2ccccc2C1CC(=O)N1C(C)CC2CCCCC21. The molecule has 0 bridgehead atoms. The lowest BCUT2D eigenvalue weighted by Crippen LogP contribution is -2.44. The van der Waals surface area contributed by atoms with Crippen molar-refractivity contribution in [2.45, 2.75) is 70.5 Å². The Morgan fingerprint density at radius 3 is 2.73 bits per heavy atom. The summed E-state index contributed by atoms with van der Waals surface area (Å²) in [4.78, 5) is 29.4. The standard InChI is InChI=1S/C22H28N2O2/c1-15-13-18-8-4-6-10-20(18)24(15)22(26)14-21-19-9-5-3-7-17(19)11-12-23(21)16(2)25/h3,5,7,9,11-12,15,18,20-21H,4,6,8,10,13-14H2,1-2H3. The second kappa shape index (κ2) is 6.90. The molecule has 2 aliphatic heterocycles. The predicted octanol–water partition coefficient (Wildman–Crippen LogP) is 4.13. The third-order valence-corrected chi connectivity index (χ3v) is 6.47. The lowest BCUT2D eigenvalue weighted by atomic mass is 9.84. The molecule has 4 rings (SSSR count). The van der Waals surface area contributed by atoms with E-state index < -0.39 is 0 Å². The molecule has 26 heavy (non-hydrogen) atoms. The Morgan fingerprint density at radius 2 is 1.92 bits per heavy atom. The van der Waals surface area contributed by atoms with Crippen LogP contribution in [0, 0.1) is 5.92 Å². The highest BCUT2D eigenvalue weighted by atomic mass is 16.2. The molecule has 1 saturated heterocycles. The van der Waals surface area contributed by atoms with Gasteiger partial charge in [-0.15, -0.1) is 0 Å². The highest BCUT2D eigenvalue weighted by Gasteiger charge is 2.43. The number of rotatable bonds is 2. The smallest absolute Gasteiger partial charge is 0.225 e. The van der Waals surface area contributed by atoms with Crippen molar-refractivity contribution in [3.05, 3.63) is 41.6 Å². The molecule has 1 aromatic carbocycles. The van der Waals surface area contributed by atoms with Crippen LogP contribution in [-0.4, -0.2) is 33.7 Å². The molecule has 1 saturated carbocycles. The van der Waals surface area contributed by atoms with Gasteiger partial charge in [-0.2, -0.15) is 0 Å². The van der Waals surface area contributed by atoms with E-state index in [1.165, 1.54) is 19.3 Å². The van der Waals surface area contributed by atoms with Gasteiger partial charge in [0.25, 0.3) is 0 Å². The van der Waals surface area contributed by atoms with Crippen molar-refractivity contribution in [1.29, 1.82) is 0 Å². The normalized spacial score (nSPS) is 30.1. The molecule has 4 heteroatoms. The average molecular weight is 352 g/mol. The van der Waals surface area contributed by atoms with Crippen LogP contribution in [0.4, 0.5) is 0 Å². The molecule has 1 aromatic rings. The van der Waals surface area contributed by atoms with Crippen molar-refractivity contribution in [3.8, 4) is 0 Å². The highest BCUT2D eigenvalue weighted by molar-refractivity contribution is 5.82. The number of carbonyl (C=O) groups excluding carboxylic acids is 2. The van der Waals surface area contributed by atoms with E-state index in [4.69, 9.17) is 0 Å². The second-order valence-electron chi connectivity index (χ2n) is 8.09. The van der Waals surface area contributed by atoms with E-state index in [1.54, 1.807) is 11.8 Å². The van der Waals surface area contributed by atoms with Gasteiger partial charge in [0, 0.05) is 25.2 Å². The Labute approximate surface area is 155 Å². The maximum Gasteiger partial charge on any atom is 0.225 e. The van der Waals surface area contributed by atoms with Gasteiger partial charge in [-0.1, -0.05) is 37.1 Å². The molecule has 0 aromatic heterocycles. The Hall–Kier alpha value is -2.10. The van der Waals surface area contributed by atoms with Crippen LogP contribution < -0.4 is 0 Å². The Balaban J connectivity index is 1.59. The summed E-state index contributed by atoms with van der Waals surface area (Å²) in [6, 6.07) is 8.61. The van der Waals surface area contributed by atoms with E-state index in [0.29, 0.717) is 24.4 Å². The summed E-state index contributed by atoms with van der Waals surface area (Å²) in [7, 11) is 0. The largest absolute Gasteiger partial charge is 0.337 e. The summed E-state index contributed by atoms with van der Waals surface area (Å²) in [6.07, 6.45) is 10.2. The number of amides is 2. The van der Waals surface area contributed by atoms with E-state index >= 15 is 0 Å². The number of fused-ring (bicyclic) bond motifs is 2. The molecule has 138 valence electrons. The van der Waals surface area contributed by atoms with Gasteiger partial charge in [0.05, 0.1) is 12.5 Å². The molecule has 2 amide bonds. The van der Waals surface area contributed by atoms with E-state index in [-0.39, 0.29) is 17.9 Å². The third kappa shape index (κ3) is 2.95. The van der Waals surface area contributed by atoms with Crippen molar-refractivity contribution in [2.24, 2.45) is 5.92 Å². The number of benzene rings is 1. The predicted molar refractivity (Wildman–Crippen MR) is 102 cm³/mol. The topological polar surface area (TPSA) is 40.6 Å². The van der Waals surface area contributed by atoms with Crippen molar-refractivity contribution < 1.29 is 9.59 Å². The van der Waals surface area contributed by atoms with Gasteiger partial charge < -0.3 is 9.80 Å². The Bertz CT molecular complexity index is 741. The van der Waals surface area contributed by atoms with Crippen LogP contribution in [0.25, 0.3) is 6.08 Å². The summed E-state index contributed by atoms with van der Waals surface area (Å²) in [5.74, 6) is 0.858. The zero-order valence-corrected chi connectivity index (χ0v) is 15.7. The minimum absolute atomic E-state index is 0.0152. The summed E-state index contributed by atoms with van der Waals surface area (Å²) in [6.45, 7) is 3.76. The minimum Gasteiger partial charge on any atom is -0.337 e. The van der Waals surface area contributed by atoms with E-state index in [2.05, 4.69) is 17.9 Å². The molecule has 1 aliphatic carbocycles. The molecule has 2 heterocycles. The Kier molecular flexibility index (Phi) is 4.60. The first-order valence-electron chi connectivity index (χ1n) is 9.93. The summed E-state index contributed by atoms with van der Waals surface area (Å²) in [5, 5.41) is 0. The molecule has 0 radical (unpaired) electrons. The fraction of sp³-hybridized carbons (Fsp3) is 0.545. The zero-order chi connectivity index (χ0) is 18.3. The molecular formula is C22H28N2O2. The van der Waals surface area contributed by atoms with Crippen LogP contribution in [0.3, 0.4) is 0 Å². The summed E-state index contributed by atoms with van der Waals surface area (Å²) < 4.78 is 0. The van der Waals surface area contributed by atoms with Crippen LogP contribution in [0.15, 0.2) is 30.5 Å². The van der Waals surface area contributed by atoms with Crippen molar-refractivity contribution in [1.82, 2.24) is 9.80 Å². The fourth-order valence-corrected chi connectivity index (χ4v) is 5.32. The molecule has 4 atom stereocenters. The maximum atomic E-state index is 13.3. The summed E-state index contributed by atoms with van der Waals surface area (Å²) in [5.41, 5.74) is 2.18. The second-order valence-corrected chi connectivity index (χ2v) is 8.09. The number of hydrogen-bond acceptors (Lipinski definition) is 2. The monoisotopic (exact) mass is 352 g/mol. The Morgan fingerprint density at radius 1 is 1.15 bits per heavy atom. The fourth-order valence-electron chi connectivity index (χ4n) is 5.32. The maximum absolute atomic E-state index is 13.3. The first-order chi connectivity index (χ1) is 12.6. The van der Waals surface area contributed by atoms with Crippen molar-refractivity contribution >= 4 is 17.9 Å². The number of likely N-dealkylation sites (tertiary alicyclic amines) is 1. The number of carbonyl (C=O) groups is 2. The summed E-state index contributed by atoms with van der Waals surface area (Å²) >= 11 is 0. The molecule has 3 aliphatic rings. The van der Waals surface area contributed by atoms with Crippen LogP contribution in [-0.2, 0) is 9.59 Å². The van der Waals surface area contributed by atoms with Crippen LogP contribution in [0.5, 0.6) is 0 Å². The molecular weight excluding hydrogens is 324 g/mol. The first kappa shape index (κ1) is 17.3. The lowest BCUT2D eigenvalue weighted by molar-refractivity contribution is -0.137. The van der Waals surface area contributed by atoms with Gasteiger partial charge in [0.15, 0.2) is 0 Å². The van der Waals surface area contributed by atoms with Gasteiger partial charge in [-0.3, -0.25) is 9.59 Å². The van der Waals surface area contributed by atoms with E-state index in [9.17, 15) is 9.59 Å². The molecule has 2 fully saturated rings. The van der Waals surface area contributed by atoms with Crippen LogP contribution in [0.1, 0.15) is 69.5 Å². The van der Waals surface area contributed by atoms with Crippen molar-refractivity contribution in [2.75, 3.05) is 0 Å². The van der Waals surface area contributed by atoms with Gasteiger partial charge in [-0.25, -0.2) is 0 Å². The first-order valence-corrected chi connectivity index (χ1v) is 9.93.